The number of hydrogen-bond acceptors (Lipinski definition) is 11. The maximum absolute atomic E-state index is 14.3. The van der Waals surface area contributed by atoms with Crippen molar-refractivity contribution in [2.45, 2.75) is 93.9 Å². The normalized spacial score (nSPS) is 27.9. The van der Waals surface area contributed by atoms with Crippen molar-refractivity contribution in [3.05, 3.63) is 42.6 Å². The maximum Gasteiger partial charge on any atom is 0.408 e. The monoisotopic (exact) mass is 727 g/mol. The molecule has 6 rings (SSSR count). The summed E-state index contributed by atoms with van der Waals surface area (Å²) >= 11 is 0. The minimum absolute atomic E-state index is 0.0278. The molecular formula is C35H45N5O10S. The molecule has 1 aromatic carbocycles. The topological polar surface area (TPSA) is 192 Å². The summed E-state index contributed by atoms with van der Waals surface area (Å²) in [6.07, 6.45) is 5.37. The third-order valence-electron chi connectivity index (χ3n) is 9.36. The van der Waals surface area contributed by atoms with Crippen LogP contribution in [0.2, 0.25) is 0 Å². The number of sulfonamides is 1. The van der Waals surface area contributed by atoms with Gasteiger partial charge in [0.2, 0.25) is 27.7 Å². The first-order valence-electron chi connectivity index (χ1n) is 17.2. The quantitative estimate of drug-likeness (QED) is 0.355. The van der Waals surface area contributed by atoms with Crippen LogP contribution < -0.4 is 24.8 Å². The number of carbonyl (C=O) groups excluding carboxylic acids is 4. The van der Waals surface area contributed by atoms with Crippen LogP contribution in [0.25, 0.3) is 10.8 Å². The highest BCUT2D eigenvalue weighted by molar-refractivity contribution is 7.91. The molecule has 0 bridgehead atoms. The van der Waals surface area contributed by atoms with Crippen LogP contribution in [0.4, 0.5) is 4.79 Å². The van der Waals surface area contributed by atoms with E-state index in [1.54, 1.807) is 46.2 Å². The maximum atomic E-state index is 14.3. The van der Waals surface area contributed by atoms with Gasteiger partial charge in [-0.05, 0) is 76.1 Å². The van der Waals surface area contributed by atoms with Gasteiger partial charge >= 0.3 is 6.09 Å². The van der Waals surface area contributed by atoms with Gasteiger partial charge < -0.3 is 34.5 Å². The van der Waals surface area contributed by atoms with E-state index in [1.165, 1.54) is 4.90 Å². The molecule has 276 valence electrons. The van der Waals surface area contributed by atoms with Crippen LogP contribution in [0, 0.1) is 5.92 Å². The number of pyridine rings is 1. The van der Waals surface area contributed by atoms with E-state index >= 15 is 0 Å². The number of benzene rings is 1. The number of amides is 4. The van der Waals surface area contributed by atoms with E-state index in [4.69, 9.17) is 18.9 Å². The summed E-state index contributed by atoms with van der Waals surface area (Å²) in [5, 5.41) is 6.36. The van der Waals surface area contributed by atoms with Gasteiger partial charge in [0.15, 0.2) is 0 Å². The van der Waals surface area contributed by atoms with Gasteiger partial charge in [-0.25, -0.2) is 18.2 Å². The smallest absolute Gasteiger partial charge is 0.408 e. The van der Waals surface area contributed by atoms with Crippen LogP contribution in [-0.2, 0) is 33.9 Å². The van der Waals surface area contributed by atoms with Crippen LogP contribution >= 0.6 is 0 Å². The molecule has 2 saturated carbocycles. The summed E-state index contributed by atoms with van der Waals surface area (Å²) in [6.45, 7) is 5.49. The Hall–Kier alpha value is -4.44. The number of aromatic nitrogens is 1. The molecule has 0 radical (unpaired) electrons. The SMILES string of the molecule is COc1ccc2c(OC3C[C@H]4C(=O)N[C@]5(C(=O)NS(=O)(=O)C6CC6)C[C@H]5/C=C\CCOCC[C@H](NC(=O)OC(C)(C)C)C(=O)N4C3)nccc2c1. The number of nitrogens with one attached hydrogen (secondary N) is 3. The summed E-state index contributed by atoms with van der Waals surface area (Å²) in [4.78, 5) is 60.8. The number of methoxy groups -OCH3 is 1. The minimum atomic E-state index is -3.90. The Labute approximate surface area is 296 Å². The molecule has 4 aliphatic rings. The fourth-order valence-corrected chi connectivity index (χ4v) is 7.84. The molecule has 3 fully saturated rings. The van der Waals surface area contributed by atoms with E-state index in [9.17, 15) is 27.6 Å². The highest BCUT2D eigenvalue weighted by Gasteiger charge is 2.62. The lowest BCUT2D eigenvalue weighted by atomic mass is 10.1. The lowest BCUT2D eigenvalue weighted by Crippen LogP contribution is -2.58. The molecule has 4 amide bonds. The summed E-state index contributed by atoms with van der Waals surface area (Å²) in [6, 6.07) is 4.97. The van der Waals surface area contributed by atoms with Crippen molar-refractivity contribution >= 4 is 44.6 Å². The fraction of sp³-hybridized carbons (Fsp3) is 0.571. The summed E-state index contributed by atoms with van der Waals surface area (Å²) in [5.41, 5.74) is -2.36. The number of hydrogen-bond donors (Lipinski definition) is 3. The van der Waals surface area contributed by atoms with Crippen LogP contribution in [-0.4, -0.2) is 104 Å². The predicted octanol–water partition coefficient (Wildman–Crippen LogP) is 2.33. The van der Waals surface area contributed by atoms with Gasteiger partial charge in [-0.1, -0.05) is 12.2 Å². The van der Waals surface area contributed by atoms with Gasteiger partial charge in [0, 0.05) is 36.9 Å². The first kappa shape index (κ1) is 36.4. The Kier molecular flexibility index (Phi) is 10.2. The van der Waals surface area contributed by atoms with Crippen LogP contribution in [0.1, 0.15) is 59.3 Å². The molecule has 2 aliphatic heterocycles. The first-order valence-corrected chi connectivity index (χ1v) is 18.8. The van der Waals surface area contributed by atoms with Gasteiger partial charge in [0.1, 0.15) is 35.1 Å². The van der Waals surface area contributed by atoms with Gasteiger partial charge in [-0.15, -0.1) is 0 Å². The van der Waals surface area contributed by atoms with Crippen molar-refractivity contribution in [1.82, 2.24) is 25.2 Å². The summed E-state index contributed by atoms with van der Waals surface area (Å²) in [5.74, 6) is -1.57. The van der Waals surface area contributed by atoms with Crippen molar-refractivity contribution in [3.8, 4) is 11.6 Å². The van der Waals surface area contributed by atoms with E-state index in [2.05, 4.69) is 20.3 Å². The highest BCUT2D eigenvalue weighted by atomic mass is 32.2. The van der Waals surface area contributed by atoms with E-state index < -0.39 is 74.3 Å². The first-order chi connectivity index (χ1) is 24.2. The van der Waals surface area contributed by atoms with Crippen LogP contribution in [0.3, 0.4) is 0 Å². The van der Waals surface area contributed by atoms with Crippen molar-refractivity contribution in [1.29, 1.82) is 0 Å². The van der Waals surface area contributed by atoms with Gasteiger partial charge in [-0.3, -0.25) is 19.1 Å². The van der Waals surface area contributed by atoms with E-state index in [-0.39, 0.29) is 32.4 Å². The molecule has 2 aliphatic carbocycles. The number of rotatable bonds is 7. The highest BCUT2D eigenvalue weighted by Crippen LogP contribution is 2.46. The Morgan fingerprint density at radius 2 is 1.90 bits per heavy atom. The third-order valence-corrected chi connectivity index (χ3v) is 11.2. The third kappa shape index (κ3) is 8.38. The van der Waals surface area contributed by atoms with Crippen LogP contribution in [0.15, 0.2) is 42.6 Å². The lowest BCUT2D eigenvalue weighted by molar-refractivity contribution is -0.141. The van der Waals surface area contributed by atoms with Gasteiger partial charge in [0.25, 0.3) is 5.91 Å². The zero-order valence-electron chi connectivity index (χ0n) is 29.2. The second-order valence-electron chi connectivity index (χ2n) is 14.4. The van der Waals surface area contributed by atoms with E-state index in [0.29, 0.717) is 42.9 Å². The zero-order valence-corrected chi connectivity index (χ0v) is 30.0. The lowest BCUT2D eigenvalue weighted by Gasteiger charge is -2.30. The minimum Gasteiger partial charge on any atom is -0.497 e. The average Bonchev–Trinajstić information content (AvgIpc) is 3.99. The molecular weight excluding hydrogens is 682 g/mol. The Morgan fingerprint density at radius 3 is 2.63 bits per heavy atom. The molecule has 3 N–H and O–H groups in total. The van der Waals surface area contributed by atoms with E-state index in [0.717, 1.165) is 5.39 Å². The number of ether oxygens (including phenoxy) is 4. The Balaban J connectivity index is 1.30. The van der Waals surface area contributed by atoms with E-state index in [1.807, 2.05) is 24.3 Å². The molecule has 3 heterocycles. The Bertz CT molecular complexity index is 1820. The number of fused-ring (bicyclic) bond motifs is 3. The van der Waals surface area contributed by atoms with Gasteiger partial charge in [-0.2, -0.15) is 0 Å². The van der Waals surface area contributed by atoms with Crippen molar-refractivity contribution < 1.29 is 46.5 Å². The molecule has 1 unspecified atom stereocenters. The molecule has 0 spiro atoms. The molecule has 5 atom stereocenters. The second kappa shape index (κ2) is 14.3. The number of alkyl carbamates (subject to hydrolysis) is 1. The van der Waals surface area contributed by atoms with Crippen molar-refractivity contribution in [3.63, 3.8) is 0 Å². The fourth-order valence-electron chi connectivity index (χ4n) is 6.47. The molecule has 2 aromatic rings. The van der Waals surface area contributed by atoms with Crippen LogP contribution in [0.5, 0.6) is 11.6 Å². The standard InChI is InChI=1S/C35H45N5O10S/c1-34(2,3)50-33(44)37-27-13-16-48-15-6-5-7-22-19-35(22,32(43)39-51(45,46)25-9-10-25)38-29(41)28-18-24(20-40(28)31(27)42)49-30-26-11-8-23(47-4)17-21(26)12-14-36-30/h5,7-8,11-12,14,17,22,24-25,27-28H,6,9-10,13,15-16,18-20H2,1-4H3,(H,37,44)(H,38,41)(H,39,43)/b7-5-/t22-,24?,27+,28+,35-/m1/s1. The molecule has 1 aromatic heterocycles. The number of carbonyl (C=O) groups is 4. The van der Waals surface area contributed by atoms with Gasteiger partial charge in [0.05, 0.1) is 25.5 Å². The molecule has 51 heavy (non-hydrogen) atoms. The largest absolute Gasteiger partial charge is 0.497 e. The Morgan fingerprint density at radius 1 is 1.12 bits per heavy atom. The second-order valence-corrected chi connectivity index (χ2v) is 16.4. The number of nitrogens with zero attached hydrogens (tertiary/aromatic N) is 2. The summed E-state index contributed by atoms with van der Waals surface area (Å²) < 4.78 is 50.6. The molecule has 1 saturated heterocycles. The zero-order chi connectivity index (χ0) is 36.6. The average molecular weight is 728 g/mol. The summed E-state index contributed by atoms with van der Waals surface area (Å²) in [7, 11) is -2.33. The molecule has 16 heteroatoms. The van der Waals surface area contributed by atoms with Crippen molar-refractivity contribution in [2.24, 2.45) is 5.92 Å². The predicted molar refractivity (Wildman–Crippen MR) is 184 cm³/mol. The molecule has 15 nitrogen and oxygen atoms in total. The van der Waals surface area contributed by atoms with Crippen molar-refractivity contribution in [2.75, 3.05) is 26.9 Å².